The second-order valence-electron chi connectivity index (χ2n) is 7.04. The predicted molar refractivity (Wildman–Crippen MR) is 83.1 cm³/mol. The third-order valence-electron chi connectivity index (χ3n) is 3.77. The van der Waals surface area contributed by atoms with Crippen LogP contribution in [0.1, 0.15) is 46.5 Å². The molecule has 1 saturated carbocycles. The molecule has 23 heavy (non-hydrogen) atoms. The number of carbonyl (C=O) groups is 1. The first kappa shape index (κ1) is 17.6. The van der Waals surface area contributed by atoms with Gasteiger partial charge in [0, 0.05) is 25.2 Å². The number of carbonyl (C=O) groups excluding carboxylic acids is 1. The van der Waals surface area contributed by atoms with Crippen LogP contribution in [0.5, 0.6) is 0 Å². The summed E-state index contributed by atoms with van der Waals surface area (Å²) in [7, 11) is 0. The number of ether oxygens (including phenoxy) is 1. The van der Waals surface area contributed by atoms with Crippen molar-refractivity contribution in [3.63, 3.8) is 0 Å². The first-order valence-corrected chi connectivity index (χ1v) is 7.93. The first-order chi connectivity index (χ1) is 10.7. The largest absolute Gasteiger partial charge is 0.442 e. The van der Waals surface area contributed by atoms with Crippen LogP contribution in [0.4, 0.5) is 13.6 Å². The van der Waals surface area contributed by atoms with E-state index in [1.165, 1.54) is 10.1 Å². The SMILES string of the molecule is CC(C)(C)OC(=O)N(CC1CCC(F)(F)CC1)N1C=CC=CN1. The summed E-state index contributed by atoms with van der Waals surface area (Å²) >= 11 is 0. The number of halogens is 2. The van der Waals surface area contributed by atoms with Crippen molar-refractivity contribution in [2.75, 3.05) is 6.54 Å². The van der Waals surface area contributed by atoms with Gasteiger partial charge in [-0.05, 0) is 51.7 Å². The quantitative estimate of drug-likeness (QED) is 0.855. The van der Waals surface area contributed by atoms with E-state index in [1.54, 1.807) is 45.3 Å². The van der Waals surface area contributed by atoms with Gasteiger partial charge < -0.3 is 4.74 Å². The van der Waals surface area contributed by atoms with Crippen LogP contribution in [0.25, 0.3) is 0 Å². The van der Waals surface area contributed by atoms with Crippen LogP contribution < -0.4 is 5.43 Å². The van der Waals surface area contributed by atoms with E-state index in [0.717, 1.165) is 0 Å². The highest BCUT2D eigenvalue weighted by atomic mass is 19.3. The molecule has 1 aliphatic carbocycles. The average Bonchev–Trinajstić information content (AvgIpc) is 2.45. The van der Waals surface area contributed by atoms with Gasteiger partial charge in [0.1, 0.15) is 5.60 Å². The molecule has 0 aromatic heterocycles. The van der Waals surface area contributed by atoms with E-state index in [0.29, 0.717) is 19.4 Å². The minimum Gasteiger partial charge on any atom is -0.442 e. The van der Waals surface area contributed by atoms with E-state index in [9.17, 15) is 13.6 Å². The maximum atomic E-state index is 13.3. The van der Waals surface area contributed by atoms with Crippen LogP contribution in [0.15, 0.2) is 24.6 Å². The molecule has 0 aromatic rings. The van der Waals surface area contributed by atoms with Crippen LogP contribution >= 0.6 is 0 Å². The van der Waals surface area contributed by atoms with Gasteiger partial charge in [-0.3, -0.25) is 5.43 Å². The topological polar surface area (TPSA) is 44.8 Å². The highest BCUT2D eigenvalue weighted by molar-refractivity contribution is 5.67. The van der Waals surface area contributed by atoms with E-state index < -0.39 is 17.6 Å². The minimum absolute atomic E-state index is 0.0308. The summed E-state index contributed by atoms with van der Waals surface area (Å²) < 4.78 is 32.0. The lowest BCUT2D eigenvalue weighted by molar-refractivity contribution is -0.0730. The number of alkyl halides is 2. The fraction of sp³-hybridized carbons (Fsp3) is 0.688. The van der Waals surface area contributed by atoms with Crippen molar-refractivity contribution in [2.24, 2.45) is 5.92 Å². The van der Waals surface area contributed by atoms with Gasteiger partial charge in [-0.15, -0.1) is 0 Å². The Balaban J connectivity index is 2.03. The zero-order valence-electron chi connectivity index (χ0n) is 13.9. The molecule has 5 nitrogen and oxygen atoms in total. The van der Waals surface area contributed by atoms with Gasteiger partial charge in [-0.2, -0.15) is 10.1 Å². The Bertz CT molecular complexity index is 476. The van der Waals surface area contributed by atoms with E-state index in [2.05, 4.69) is 5.43 Å². The lowest BCUT2D eigenvalue weighted by Gasteiger charge is -2.38. The lowest BCUT2D eigenvalue weighted by atomic mass is 9.87. The van der Waals surface area contributed by atoms with Crippen LogP contribution in [-0.4, -0.2) is 34.3 Å². The van der Waals surface area contributed by atoms with Gasteiger partial charge in [0.05, 0.1) is 6.54 Å². The Morgan fingerprint density at radius 1 is 1.35 bits per heavy atom. The minimum atomic E-state index is -2.57. The maximum absolute atomic E-state index is 13.3. The van der Waals surface area contributed by atoms with Gasteiger partial charge in [-0.25, -0.2) is 13.6 Å². The molecular formula is C16H25F2N3O2. The molecule has 0 aromatic carbocycles. The summed E-state index contributed by atoms with van der Waals surface area (Å²) in [5, 5.41) is 2.96. The molecule has 1 heterocycles. The highest BCUT2D eigenvalue weighted by Crippen LogP contribution is 2.36. The van der Waals surface area contributed by atoms with Crippen molar-refractivity contribution in [1.29, 1.82) is 0 Å². The molecule has 1 fully saturated rings. The molecule has 2 rings (SSSR count). The number of nitrogens with one attached hydrogen (secondary N) is 1. The van der Waals surface area contributed by atoms with Crippen molar-refractivity contribution in [2.45, 2.75) is 58.0 Å². The monoisotopic (exact) mass is 329 g/mol. The molecule has 0 spiro atoms. The molecule has 0 radical (unpaired) electrons. The van der Waals surface area contributed by atoms with Crippen molar-refractivity contribution in [3.8, 4) is 0 Å². The Hall–Kier alpha value is -1.79. The molecule has 0 atom stereocenters. The number of hydrazine groups is 2. The molecule has 0 bridgehead atoms. The van der Waals surface area contributed by atoms with Crippen molar-refractivity contribution in [1.82, 2.24) is 15.6 Å². The molecule has 7 heteroatoms. The average molecular weight is 329 g/mol. The molecule has 0 unspecified atom stereocenters. The summed E-state index contributed by atoms with van der Waals surface area (Å²) in [4.78, 5) is 12.5. The maximum Gasteiger partial charge on any atom is 0.430 e. The summed E-state index contributed by atoms with van der Waals surface area (Å²) in [6, 6.07) is 0. The molecule has 1 aliphatic heterocycles. The molecule has 2 aliphatic rings. The smallest absolute Gasteiger partial charge is 0.430 e. The molecule has 1 amide bonds. The highest BCUT2D eigenvalue weighted by Gasteiger charge is 2.37. The van der Waals surface area contributed by atoms with Crippen molar-refractivity contribution in [3.05, 3.63) is 24.6 Å². The summed E-state index contributed by atoms with van der Waals surface area (Å²) in [6.07, 6.45) is 7.02. The van der Waals surface area contributed by atoms with Gasteiger partial charge in [0.2, 0.25) is 5.92 Å². The summed E-state index contributed by atoms with van der Waals surface area (Å²) in [5.41, 5.74) is 2.31. The van der Waals surface area contributed by atoms with Gasteiger partial charge >= 0.3 is 6.09 Å². The number of nitrogens with zero attached hydrogens (tertiary/aromatic N) is 2. The van der Waals surface area contributed by atoms with Crippen molar-refractivity contribution < 1.29 is 18.3 Å². The number of allylic oxidation sites excluding steroid dienone is 2. The Labute approximate surface area is 135 Å². The first-order valence-electron chi connectivity index (χ1n) is 7.93. The molecule has 0 saturated heterocycles. The van der Waals surface area contributed by atoms with Crippen molar-refractivity contribution >= 4 is 6.09 Å². The Morgan fingerprint density at radius 3 is 2.52 bits per heavy atom. The predicted octanol–water partition coefficient (Wildman–Crippen LogP) is 3.81. The van der Waals surface area contributed by atoms with Gasteiger partial charge in [-0.1, -0.05) is 0 Å². The van der Waals surface area contributed by atoms with Crippen LogP contribution in [0.3, 0.4) is 0 Å². The molecular weight excluding hydrogens is 304 g/mol. The van der Waals surface area contributed by atoms with E-state index >= 15 is 0 Å². The molecule has 130 valence electrons. The summed E-state index contributed by atoms with van der Waals surface area (Å²) in [5.74, 6) is -2.54. The van der Waals surface area contributed by atoms with E-state index in [-0.39, 0.29) is 18.8 Å². The molecule has 1 N–H and O–H groups in total. The van der Waals surface area contributed by atoms with Crippen LogP contribution in [-0.2, 0) is 4.74 Å². The normalized spacial score (nSPS) is 21.0. The van der Waals surface area contributed by atoms with Crippen LogP contribution in [0, 0.1) is 5.92 Å². The third-order valence-corrected chi connectivity index (χ3v) is 3.77. The van der Waals surface area contributed by atoms with Gasteiger partial charge in [0.15, 0.2) is 0 Å². The lowest BCUT2D eigenvalue weighted by Crippen LogP contribution is -2.53. The number of amides is 1. The number of hydrogen-bond donors (Lipinski definition) is 1. The fourth-order valence-corrected chi connectivity index (χ4v) is 2.59. The second kappa shape index (κ2) is 6.76. The number of rotatable bonds is 3. The Kier molecular flexibility index (Phi) is 5.16. The van der Waals surface area contributed by atoms with Crippen LogP contribution in [0.2, 0.25) is 0 Å². The number of hydrogen-bond acceptors (Lipinski definition) is 4. The second-order valence-corrected chi connectivity index (χ2v) is 7.04. The standard InChI is InChI=1S/C16H25F2N3O2/c1-15(2,3)23-14(22)20(21-11-5-4-10-19-21)12-13-6-8-16(17,18)9-7-13/h4-5,10-11,13,19H,6-9,12H2,1-3H3. The van der Waals surface area contributed by atoms with E-state index in [1.807, 2.05) is 0 Å². The summed E-state index contributed by atoms with van der Waals surface area (Å²) in [6.45, 7) is 5.73. The zero-order chi connectivity index (χ0) is 17.1. The van der Waals surface area contributed by atoms with E-state index in [4.69, 9.17) is 4.74 Å². The fourth-order valence-electron chi connectivity index (χ4n) is 2.59. The van der Waals surface area contributed by atoms with Gasteiger partial charge in [0.25, 0.3) is 0 Å². The Morgan fingerprint density at radius 2 is 2.00 bits per heavy atom. The third kappa shape index (κ3) is 5.41. The zero-order valence-corrected chi connectivity index (χ0v) is 13.9.